The van der Waals surface area contributed by atoms with Crippen LogP contribution in [0.4, 0.5) is 0 Å². The molecule has 1 amide bonds. The van der Waals surface area contributed by atoms with Crippen molar-refractivity contribution in [2.75, 3.05) is 47.1 Å². The van der Waals surface area contributed by atoms with E-state index >= 15 is 0 Å². The Kier molecular flexibility index (Phi) is 9.67. The summed E-state index contributed by atoms with van der Waals surface area (Å²) < 4.78 is 25.8. The number of imidazole rings is 1. The highest BCUT2D eigenvalue weighted by molar-refractivity contribution is 7.52. The van der Waals surface area contributed by atoms with Gasteiger partial charge >= 0.3 is 13.6 Å². The quantitative estimate of drug-likeness (QED) is 0.159. The molecule has 0 saturated heterocycles. The van der Waals surface area contributed by atoms with Crippen molar-refractivity contribution in [3.63, 3.8) is 0 Å². The van der Waals surface area contributed by atoms with Crippen LogP contribution in [-0.2, 0) is 22.2 Å². The number of quaternary nitrogens is 1. The normalized spacial score (nSPS) is 13.3. The first-order valence-electron chi connectivity index (χ1n) is 12.4. The van der Waals surface area contributed by atoms with Crippen molar-refractivity contribution in [1.82, 2.24) is 14.9 Å². The predicted octanol–water partition coefficient (Wildman–Crippen LogP) is 3.36. The maximum atomic E-state index is 12.6. The number of amides is 1. The van der Waals surface area contributed by atoms with E-state index in [4.69, 9.17) is 9.26 Å². The summed E-state index contributed by atoms with van der Waals surface area (Å²) in [6.45, 7) is 3.51. The summed E-state index contributed by atoms with van der Waals surface area (Å²) in [6, 6.07) is 11.4. The molecule has 0 fully saturated rings. The summed E-state index contributed by atoms with van der Waals surface area (Å²) in [5.74, 6) is -0.504. The van der Waals surface area contributed by atoms with E-state index in [1.54, 1.807) is 24.3 Å². The van der Waals surface area contributed by atoms with Gasteiger partial charge in [0.1, 0.15) is 18.2 Å². The molecule has 0 aliphatic carbocycles. The minimum atomic E-state index is -3.67. The van der Waals surface area contributed by atoms with Gasteiger partial charge in [-0.1, -0.05) is 12.1 Å². The van der Waals surface area contributed by atoms with Crippen molar-refractivity contribution in [2.45, 2.75) is 26.4 Å². The van der Waals surface area contributed by atoms with Crippen LogP contribution in [-0.4, -0.2) is 83.0 Å². The minimum absolute atomic E-state index is 0.0155. The highest BCUT2D eigenvalue weighted by atomic mass is 31.2. The van der Waals surface area contributed by atoms with Gasteiger partial charge in [-0.2, -0.15) is 0 Å². The zero-order chi connectivity index (χ0) is 27.9. The highest BCUT2D eigenvalue weighted by Crippen LogP contribution is 2.42. The number of fused-ring (bicyclic) bond motifs is 1. The van der Waals surface area contributed by atoms with Crippen molar-refractivity contribution in [3.05, 3.63) is 59.4 Å². The molecule has 0 radical (unpaired) electrons. The molecule has 12 heteroatoms. The summed E-state index contributed by atoms with van der Waals surface area (Å²) in [7, 11) is 2.41. The molecule has 1 heterocycles. The molecule has 1 aromatic heterocycles. The van der Waals surface area contributed by atoms with E-state index in [1.807, 2.05) is 38.7 Å². The fourth-order valence-corrected chi connectivity index (χ4v) is 5.03. The number of aromatic carboxylic acids is 1. The summed E-state index contributed by atoms with van der Waals surface area (Å²) in [5, 5.41) is 12.1. The number of nitrogens with one attached hydrogen (secondary N) is 1. The Balaban J connectivity index is 1.59. The second-order valence-electron chi connectivity index (χ2n) is 9.87. The molecule has 0 bridgehead atoms. The fraction of sp³-hybridized carbons (Fsp3) is 0.423. The van der Waals surface area contributed by atoms with Gasteiger partial charge in [-0.25, -0.2) is 9.78 Å². The SMILES string of the molecule is CCn1c(CNC(=O)c2ccccc2C(=O)O)nc2ccc(OCCOP(=O)(O)CCC[N+](C)(C)C)cc21. The van der Waals surface area contributed by atoms with Crippen LogP contribution in [0.2, 0.25) is 0 Å². The standard InChI is InChI=1S/C26H35N4O7P/c1-5-29-23-17-19(36-14-15-37-38(34,35)16-8-13-30(2,3)4)11-12-22(23)28-24(29)18-27-25(31)20-9-6-7-10-21(20)26(32)33/h6-7,9-12,17H,5,8,13-16,18H2,1-4H3,(H2-,27,31,32,33,34,35)/p+1. The summed E-state index contributed by atoms with van der Waals surface area (Å²) in [4.78, 5) is 38.7. The average molecular weight is 548 g/mol. The summed E-state index contributed by atoms with van der Waals surface area (Å²) in [5.41, 5.74) is 1.52. The molecular weight excluding hydrogens is 511 g/mol. The lowest BCUT2D eigenvalue weighted by atomic mass is 10.1. The summed E-state index contributed by atoms with van der Waals surface area (Å²) >= 11 is 0. The number of hydrogen-bond donors (Lipinski definition) is 3. The van der Waals surface area contributed by atoms with Gasteiger partial charge in [0.25, 0.3) is 5.91 Å². The lowest BCUT2D eigenvalue weighted by molar-refractivity contribution is -0.870. The minimum Gasteiger partial charge on any atom is -0.491 e. The van der Waals surface area contributed by atoms with Gasteiger partial charge in [-0.05, 0) is 31.2 Å². The maximum absolute atomic E-state index is 12.6. The number of aromatic nitrogens is 2. The van der Waals surface area contributed by atoms with E-state index in [-0.39, 0.29) is 37.0 Å². The van der Waals surface area contributed by atoms with Gasteiger partial charge in [0.2, 0.25) is 0 Å². The molecule has 3 aromatic rings. The molecule has 0 aliphatic heterocycles. The van der Waals surface area contributed by atoms with Gasteiger partial charge in [-0.15, -0.1) is 0 Å². The van der Waals surface area contributed by atoms with Crippen molar-refractivity contribution < 1.29 is 37.9 Å². The average Bonchev–Trinajstić information content (AvgIpc) is 3.20. The first kappa shape index (κ1) is 29.3. The van der Waals surface area contributed by atoms with E-state index in [1.165, 1.54) is 12.1 Å². The molecule has 0 aliphatic rings. The molecule has 0 spiro atoms. The lowest BCUT2D eigenvalue weighted by Gasteiger charge is -2.24. The number of aryl methyl sites for hydroxylation is 1. The lowest BCUT2D eigenvalue weighted by Crippen LogP contribution is -2.35. The van der Waals surface area contributed by atoms with Crippen LogP contribution in [0.1, 0.15) is 39.9 Å². The number of carbonyl (C=O) groups excluding carboxylic acids is 1. The van der Waals surface area contributed by atoms with E-state index in [2.05, 4.69) is 10.3 Å². The number of rotatable bonds is 14. The Morgan fingerprint density at radius 3 is 2.47 bits per heavy atom. The fourth-order valence-electron chi connectivity index (χ4n) is 4.00. The number of carboxylic acids is 1. The molecule has 0 saturated carbocycles. The van der Waals surface area contributed by atoms with E-state index in [9.17, 15) is 24.2 Å². The Morgan fingerprint density at radius 2 is 1.82 bits per heavy atom. The Bertz CT molecular complexity index is 1330. The Labute approximate surface area is 222 Å². The van der Waals surface area contributed by atoms with Crippen molar-refractivity contribution in [2.24, 2.45) is 0 Å². The van der Waals surface area contributed by atoms with Gasteiger partial charge in [0, 0.05) is 19.0 Å². The summed E-state index contributed by atoms with van der Waals surface area (Å²) in [6.07, 6.45) is 0.691. The van der Waals surface area contributed by atoms with E-state index < -0.39 is 19.5 Å². The molecular formula is C26H36N4O7P+. The molecule has 38 heavy (non-hydrogen) atoms. The zero-order valence-electron chi connectivity index (χ0n) is 22.2. The van der Waals surface area contributed by atoms with Crippen LogP contribution in [0.15, 0.2) is 42.5 Å². The second kappa shape index (κ2) is 12.5. The van der Waals surface area contributed by atoms with Crippen molar-refractivity contribution in [1.29, 1.82) is 0 Å². The smallest absolute Gasteiger partial charge is 0.336 e. The number of carbonyl (C=O) groups is 2. The molecule has 1 unspecified atom stereocenters. The number of hydrogen-bond acceptors (Lipinski definition) is 6. The number of carboxylic acid groups (broad SMARTS) is 1. The van der Waals surface area contributed by atoms with E-state index in [0.717, 1.165) is 12.1 Å². The van der Waals surface area contributed by atoms with Crippen LogP contribution in [0.3, 0.4) is 0 Å². The van der Waals surface area contributed by atoms with Gasteiger partial charge < -0.3 is 33.6 Å². The van der Waals surface area contributed by atoms with Crippen LogP contribution in [0.5, 0.6) is 5.75 Å². The third kappa shape index (κ3) is 8.13. The third-order valence-electron chi connectivity index (χ3n) is 5.84. The molecule has 11 nitrogen and oxygen atoms in total. The molecule has 2 aromatic carbocycles. The number of benzene rings is 2. The first-order chi connectivity index (χ1) is 17.9. The largest absolute Gasteiger partial charge is 0.491 e. The molecule has 3 N–H and O–H groups in total. The van der Waals surface area contributed by atoms with Gasteiger partial charge in [0.15, 0.2) is 0 Å². The van der Waals surface area contributed by atoms with Crippen molar-refractivity contribution in [3.8, 4) is 5.75 Å². The molecule has 1 atom stereocenters. The monoisotopic (exact) mass is 547 g/mol. The zero-order valence-corrected chi connectivity index (χ0v) is 23.1. The predicted molar refractivity (Wildman–Crippen MR) is 144 cm³/mol. The Morgan fingerprint density at radius 1 is 1.11 bits per heavy atom. The van der Waals surface area contributed by atoms with Crippen LogP contribution < -0.4 is 10.1 Å². The molecule has 206 valence electrons. The van der Waals surface area contributed by atoms with Crippen LogP contribution in [0, 0.1) is 0 Å². The van der Waals surface area contributed by atoms with Gasteiger partial charge in [-0.3, -0.25) is 9.36 Å². The topological polar surface area (TPSA) is 140 Å². The number of ether oxygens (including phenoxy) is 1. The van der Waals surface area contributed by atoms with Gasteiger partial charge in [0.05, 0.1) is 69.2 Å². The Hall–Kier alpha value is -3.24. The molecule has 3 rings (SSSR count). The van der Waals surface area contributed by atoms with E-state index in [0.29, 0.717) is 34.5 Å². The highest BCUT2D eigenvalue weighted by Gasteiger charge is 2.21. The second-order valence-corrected chi connectivity index (χ2v) is 11.8. The number of nitrogens with zero attached hydrogens (tertiary/aromatic N) is 3. The third-order valence-corrected chi connectivity index (χ3v) is 7.31. The van der Waals surface area contributed by atoms with Crippen LogP contribution >= 0.6 is 7.60 Å². The van der Waals surface area contributed by atoms with Crippen molar-refractivity contribution >= 4 is 30.5 Å². The maximum Gasteiger partial charge on any atom is 0.336 e. The van der Waals surface area contributed by atoms with Crippen LogP contribution in [0.25, 0.3) is 11.0 Å². The first-order valence-corrected chi connectivity index (χ1v) is 14.2.